The van der Waals surface area contributed by atoms with Crippen LogP contribution in [0.5, 0.6) is 0 Å². The summed E-state index contributed by atoms with van der Waals surface area (Å²) >= 11 is 0. The van der Waals surface area contributed by atoms with E-state index in [9.17, 15) is 19.0 Å². The van der Waals surface area contributed by atoms with Crippen molar-refractivity contribution in [1.29, 1.82) is 0 Å². The highest BCUT2D eigenvalue weighted by Gasteiger charge is 2.21. The molecule has 0 aliphatic carbocycles. The predicted octanol–water partition coefficient (Wildman–Crippen LogP) is 11.2. The number of quaternary nitrogens is 1. The number of phosphoric acid groups is 1. The second-order valence-electron chi connectivity index (χ2n) is 15.7. The highest BCUT2D eigenvalue weighted by Crippen LogP contribution is 2.38. The lowest BCUT2D eigenvalue weighted by atomic mass is 10.0. The summed E-state index contributed by atoms with van der Waals surface area (Å²) in [4.78, 5) is 37.4. The van der Waals surface area contributed by atoms with E-state index >= 15 is 0 Å². The van der Waals surface area contributed by atoms with Crippen molar-refractivity contribution in [3.63, 3.8) is 0 Å². The minimum absolute atomic E-state index is 0.0284. The minimum atomic E-state index is -4.62. The lowest BCUT2D eigenvalue weighted by molar-refractivity contribution is -0.870. The van der Waals surface area contributed by atoms with Gasteiger partial charge in [-0.15, -0.1) is 0 Å². The molecule has 0 fully saturated rings. The van der Waals surface area contributed by atoms with Crippen molar-refractivity contribution in [3.05, 3.63) is 12.2 Å². The van der Waals surface area contributed by atoms with Gasteiger partial charge in [-0.3, -0.25) is 14.2 Å². The SMILES string of the molecule is CCCCCC/C=C\CCCCCCCCCC(=O)OC[C@H](COP(=O)([O-])OCC[N+](C)(C)C)OC(=O)CCCCCCCCCCCCCCC. The predicted molar refractivity (Wildman–Crippen MR) is 213 cm³/mol. The van der Waals surface area contributed by atoms with E-state index in [1.165, 1.54) is 116 Å². The molecule has 0 aliphatic heterocycles. The fraction of sp³-hybridized carbons (Fsp3) is 0.905. The number of ether oxygens (including phenoxy) is 2. The van der Waals surface area contributed by atoms with Gasteiger partial charge in [-0.05, 0) is 38.5 Å². The summed E-state index contributed by atoms with van der Waals surface area (Å²) in [6, 6.07) is 0. The molecule has 1 unspecified atom stereocenters. The number of hydrogen-bond donors (Lipinski definition) is 0. The number of rotatable bonds is 39. The Morgan fingerprint density at radius 3 is 1.44 bits per heavy atom. The molecule has 0 spiro atoms. The number of hydrogen-bond acceptors (Lipinski definition) is 8. The first-order chi connectivity index (χ1) is 25.0. The maximum absolute atomic E-state index is 12.6. The van der Waals surface area contributed by atoms with E-state index in [1.807, 2.05) is 21.1 Å². The number of carbonyl (C=O) groups is 2. The molecule has 0 N–H and O–H groups in total. The summed E-state index contributed by atoms with van der Waals surface area (Å²) in [7, 11) is 1.17. The molecule has 0 aliphatic rings. The van der Waals surface area contributed by atoms with Crippen molar-refractivity contribution in [2.75, 3.05) is 47.5 Å². The Bertz CT molecular complexity index is 907. The van der Waals surface area contributed by atoms with Crippen LogP contribution in [0.1, 0.15) is 194 Å². The van der Waals surface area contributed by atoms with E-state index < -0.39 is 26.5 Å². The molecule has 0 bridgehead atoms. The van der Waals surface area contributed by atoms with E-state index in [4.69, 9.17) is 18.5 Å². The molecule has 2 atom stereocenters. The van der Waals surface area contributed by atoms with Gasteiger partial charge in [0.25, 0.3) is 7.82 Å². The maximum atomic E-state index is 12.6. The fourth-order valence-electron chi connectivity index (χ4n) is 5.88. The molecule has 0 aromatic carbocycles. The van der Waals surface area contributed by atoms with Gasteiger partial charge in [0.2, 0.25) is 0 Å². The van der Waals surface area contributed by atoms with Gasteiger partial charge in [-0.1, -0.05) is 154 Å². The monoisotopic (exact) mass is 760 g/mol. The normalized spacial score (nSPS) is 13.7. The average Bonchev–Trinajstić information content (AvgIpc) is 3.09. The number of nitrogens with zero attached hydrogens (tertiary/aromatic N) is 1. The summed E-state index contributed by atoms with van der Waals surface area (Å²) in [5.74, 6) is -0.832. The Morgan fingerprint density at radius 2 is 0.981 bits per heavy atom. The zero-order chi connectivity index (χ0) is 38.6. The van der Waals surface area contributed by atoms with Gasteiger partial charge in [-0.25, -0.2) is 0 Å². The van der Waals surface area contributed by atoms with Crippen LogP contribution >= 0.6 is 7.82 Å². The number of carbonyl (C=O) groups excluding carboxylic acids is 2. The first-order valence-corrected chi connectivity index (χ1v) is 22.9. The van der Waals surface area contributed by atoms with Gasteiger partial charge >= 0.3 is 11.9 Å². The van der Waals surface area contributed by atoms with Crippen LogP contribution in [-0.4, -0.2) is 70.0 Å². The molecule has 308 valence electrons. The third kappa shape index (κ3) is 38.5. The third-order valence-electron chi connectivity index (χ3n) is 9.29. The topological polar surface area (TPSA) is 111 Å². The molecule has 0 aromatic heterocycles. The molecular weight excluding hydrogens is 677 g/mol. The van der Waals surface area contributed by atoms with E-state index in [2.05, 4.69) is 26.0 Å². The number of unbranched alkanes of at least 4 members (excludes halogenated alkanes) is 23. The van der Waals surface area contributed by atoms with Crippen LogP contribution in [0.25, 0.3) is 0 Å². The lowest BCUT2D eigenvalue weighted by Crippen LogP contribution is -2.37. The Kier molecular flexibility index (Phi) is 34.6. The number of likely N-dealkylation sites (N-methyl/N-ethyl adjacent to an activating group) is 1. The quantitative estimate of drug-likeness (QED) is 0.0200. The van der Waals surface area contributed by atoms with Gasteiger partial charge in [0.15, 0.2) is 6.10 Å². The van der Waals surface area contributed by atoms with Crippen LogP contribution in [0.2, 0.25) is 0 Å². The summed E-state index contributed by atoms with van der Waals surface area (Å²) < 4.78 is 33.8. The second kappa shape index (κ2) is 35.5. The molecule has 9 nitrogen and oxygen atoms in total. The Balaban J connectivity index is 4.36. The van der Waals surface area contributed by atoms with Crippen molar-refractivity contribution in [3.8, 4) is 0 Å². The van der Waals surface area contributed by atoms with Crippen LogP contribution in [-0.2, 0) is 32.7 Å². The maximum Gasteiger partial charge on any atom is 0.306 e. The van der Waals surface area contributed by atoms with Crippen molar-refractivity contribution in [2.24, 2.45) is 0 Å². The van der Waals surface area contributed by atoms with E-state index in [0.717, 1.165) is 44.9 Å². The van der Waals surface area contributed by atoms with Gasteiger partial charge in [0.05, 0.1) is 27.7 Å². The van der Waals surface area contributed by atoms with Crippen molar-refractivity contribution in [1.82, 2.24) is 0 Å². The van der Waals surface area contributed by atoms with Gasteiger partial charge < -0.3 is 27.9 Å². The Hall–Kier alpha value is -1.25. The minimum Gasteiger partial charge on any atom is -0.756 e. The van der Waals surface area contributed by atoms with Crippen LogP contribution in [0.3, 0.4) is 0 Å². The molecular formula is C42H82NO8P. The van der Waals surface area contributed by atoms with Crippen LogP contribution in [0, 0.1) is 0 Å². The zero-order valence-corrected chi connectivity index (χ0v) is 35.4. The van der Waals surface area contributed by atoms with Crippen molar-refractivity contribution in [2.45, 2.75) is 200 Å². The number of esters is 2. The largest absolute Gasteiger partial charge is 0.756 e. The molecule has 0 radical (unpaired) electrons. The Morgan fingerprint density at radius 1 is 0.577 bits per heavy atom. The molecule has 0 amide bonds. The molecule has 0 heterocycles. The zero-order valence-electron chi connectivity index (χ0n) is 34.5. The van der Waals surface area contributed by atoms with Crippen LogP contribution < -0.4 is 4.89 Å². The molecule has 0 aromatic rings. The summed E-state index contributed by atoms with van der Waals surface area (Å²) in [6.45, 7) is 4.22. The average molecular weight is 760 g/mol. The standard InChI is InChI=1S/C42H82NO8P/c1-6-8-10-12-14-16-18-20-21-23-24-26-28-30-32-34-41(44)48-38-40(39-50-52(46,47)49-37-36-43(3,4)5)51-42(45)35-33-31-29-27-25-22-19-17-15-13-11-9-7-2/h16,18,40H,6-15,17,19-39H2,1-5H3/b18-16-/t40-/m1/s1. The lowest BCUT2D eigenvalue weighted by Gasteiger charge is -2.28. The van der Waals surface area contributed by atoms with E-state index in [-0.39, 0.29) is 32.0 Å². The fourth-order valence-corrected chi connectivity index (χ4v) is 6.61. The molecule has 0 saturated carbocycles. The molecule has 10 heteroatoms. The molecule has 0 saturated heterocycles. The summed E-state index contributed by atoms with van der Waals surface area (Å²) in [5.41, 5.74) is 0. The summed E-state index contributed by atoms with van der Waals surface area (Å²) in [5, 5.41) is 0. The van der Waals surface area contributed by atoms with Crippen LogP contribution in [0.4, 0.5) is 0 Å². The van der Waals surface area contributed by atoms with Crippen LogP contribution in [0.15, 0.2) is 12.2 Å². The van der Waals surface area contributed by atoms with Gasteiger partial charge in [-0.2, -0.15) is 0 Å². The highest BCUT2D eigenvalue weighted by atomic mass is 31.2. The smallest absolute Gasteiger partial charge is 0.306 e. The first-order valence-electron chi connectivity index (χ1n) is 21.4. The number of allylic oxidation sites excluding steroid dienone is 2. The Labute approximate surface area is 320 Å². The van der Waals surface area contributed by atoms with E-state index in [1.54, 1.807) is 0 Å². The molecule has 0 rings (SSSR count). The first kappa shape index (κ1) is 50.8. The third-order valence-corrected chi connectivity index (χ3v) is 10.2. The van der Waals surface area contributed by atoms with E-state index in [0.29, 0.717) is 17.4 Å². The second-order valence-corrected chi connectivity index (χ2v) is 17.1. The van der Waals surface area contributed by atoms with Gasteiger partial charge in [0.1, 0.15) is 19.8 Å². The van der Waals surface area contributed by atoms with Crippen molar-refractivity contribution >= 4 is 19.8 Å². The highest BCUT2D eigenvalue weighted by molar-refractivity contribution is 7.45. The number of phosphoric ester groups is 1. The summed E-state index contributed by atoms with van der Waals surface area (Å²) in [6.07, 6.45) is 35.1. The van der Waals surface area contributed by atoms with Crippen molar-refractivity contribution < 1.29 is 42.1 Å². The molecule has 52 heavy (non-hydrogen) atoms. The van der Waals surface area contributed by atoms with Gasteiger partial charge in [0, 0.05) is 12.8 Å².